The summed E-state index contributed by atoms with van der Waals surface area (Å²) in [6.45, 7) is 8.28. The second-order valence-corrected chi connectivity index (χ2v) is 4.83. The van der Waals surface area contributed by atoms with E-state index in [-0.39, 0.29) is 5.56 Å². The number of benzene rings is 1. The van der Waals surface area contributed by atoms with Gasteiger partial charge in [-0.05, 0) is 37.0 Å². The van der Waals surface area contributed by atoms with Crippen LogP contribution in [0.15, 0.2) is 29.1 Å². The van der Waals surface area contributed by atoms with Crippen molar-refractivity contribution in [3.63, 3.8) is 0 Å². The zero-order valence-electron chi connectivity index (χ0n) is 10.7. The number of aryl methyl sites for hydroxylation is 2. The predicted octanol–water partition coefficient (Wildman–Crippen LogP) is 2.91. The Morgan fingerprint density at radius 1 is 1.18 bits per heavy atom. The lowest BCUT2D eigenvalue weighted by Gasteiger charge is -2.13. The lowest BCUT2D eigenvalue weighted by atomic mass is 10.1. The van der Waals surface area contributed by atoms with E-state index >= 15 is 0 Å². The monoisotopic (exact) mass is 230 g/mol. The van der Waals surface area contributed by atoms with Gasteiger partial charge >= 0.3 is 0 Å². The maximum atomic E-state index is 11.5. The van der Waals surface area contributed by atoms with Crippen LogP contribution in [0.4, 0.5) is 0 Å². The predicted molar refractivity (Wildman–Crippen MR) is 70.0 cm³/mol. The highest BCUT2D eigenvalue weighted by Crippen LogP contribution is 2.20. The molecule has 17 heavy (non-hydrogen) atoms. The fourth-order valence-corrected chi connectivity index (χ4v) is 1.99. The minimum Gasteiger partial charge on any atom is -0.268 e. The van der Waals surface area contributed by atoms with Gasteiger partial charge in [-0.15, -0.1) is 0 Å². The van der Waals surface area contributed by atoms with E-state index in [2.05, 4.69) is 51.0 Å². The van der Waals surface area contributed by atoms with Crippen molar-refractivity contribution in [2.24, 2.45) is 0 Å². The van der Waals surface area contributed by atoms with E-state index in [0.717, 1.165) is 16.9 Å². The van der Waals surface area contributed by atoms with Crippen LogP contribution in [-0.4, -0.2) is 9.78 Å². The van der Waals surface area contributed by atoms with Crippen molar-refractivity contribution in [2.45, 2.75) is 33.6 Å². The zero-order chi connectivity index (χ0) is 12.6. The highest BCUT2D eigenvalue weighted by molar-refractivity contribution is 5.43. The standard InChI is InChI=1S/C14H18N2O/c1-9(2)12-8-14(17)15-16(12)13-7-10(3)5-6-11(13)4/h5-9H,1-4H3,(H,15,17). The van der Waals surface area contributed by atoms with Crippen LogP contribution in [0.25, 0.3) is 5.69 Å². The minimum absolute atomic E-state index is 0.0467. The van der Waals surface area contributed by atoms with Crippen molar-refractivity contribution in [3.05, 3.63) is 51.4 Å². The average molecular weight is 230 g/mol. The van der Waals surface area contributed by atoms with Crippen molar-refractivity contribution >= 4 is 0 Å². The van der Waals surface area contributed by atoms with E-state index < -0.39 is 0 Å². The summed E-state index contributed by atoms with van der Waals surface area (Å²) in [6.07, 6.45) is 0. The van der Waals surface area contributed by atoms with Crippen molar-refractivity contribution in [3.8, 4) is 5.69 Å². The molecule has 0 unspecified atom stereocenters. The molecular formula is C14H18N2O. The average Bonchev–Trinajstić information content (AvgIpc) is 2.64. The molecule has 2 aromatic rings. The van der Waals surface area contributed by atoms with Crippen LogP contribution in [-0.2, 0) is 0 Å². The van der Waals surface area contributed by atoms with Crippen molar-refractivity contribution < 1.29 is 0 Å². The van der Waals surface area contributed by atoms with Gasteiger partial charge in [0, 0.05) is 11.8 Å². The van der Waals surface area contributed by atoms with Gasteiger partial charge in [0.15, 0.2) is 0 Å². The molecular weight excluding hydrogens is 212 g/mol. The van der Waals surface area contributed by atoms with Crippen LogP contribution in [0.3, 0.4) is 0 Å². The summed E-state index contributed by atoms with van der Waals surface area (Å²) in [5.41, 5.74) is 4.37. The molecule has 3 heteroatoms. The molecule has 1 N–H and O–H groups in total. The molecule has 2 rings (SSSR count). The number of H-pyrrole nitrogens is 1. The number of rotatable bonds is 2. The summed E-state index contributed by atoms with van der Waals surface area (Å²) < 4.78 is 1.90. The van der Waals surface area contributed by atoms with Gasteiger partial charge in [0.25, 0.3) is 5.56 Å². The fraction of sp³-hybridized carbons (Fsp3) is 0.357. The van der Waals surface area contributed by atoms with Gasteiger partial charge < -0.3 is 0 Å². The third kappa shape index (κ3) is 2.18. The Balaban J connectivity index is 2.67. The normalized spacial score (nSPS) is 11.1. The van der Waals surface area contributed by atoms with Crippen molar-refractivity contribution in [1.82, 2.24) is 9.78 Å². The maximum Gasteiger partial charge on any atom is 0.264 e. The lowest BCUT2D eigenvalue weighted by molar-refractivity contribution is 0.728. The Bertz CT molecular complexity index is 591. The van der Waals surface area contributed by atoms with Gasteiger partial charge in [0.05, 0.1) is 5.69 Å². The molecule has 0 amide bonds. The molecule has 1 heterocycles. The number of nitrogens with zero attached hydrogens (tertiary/aromatic N) is 1. The van der Waals surface area contributed by atoms with Crippen LogP contribution in [0, 0.1) is 13.8 Å². The number of aromatic nitrogens is 2. The first kappa shape index (κ1) is 11.7. The third-order valence-electron chi connectivity index (χ3n) is 2.96. The fourth-order valence-electron chi connectivity index (χ4n) is 1.99. The number of aromatic amines is 1. The van der Waals surface area contributed by atoms with E-state index in [1.807, 2.05) is 4.68 Å². The van der Waals surface area contributed by atoms with E-state index in [1.54, 1.807) is 6.07 Å². The van der Waals surface area contributed by atoms with Crippen LogP contribution >= 0.6 is 0 Å². The summed E-state index contributed by atoms with van der Waals surface area (Å²) >= 11 is 0. The molecule has 3 nitrogen and oxygen atoms in total. The lowest BCUT2D eigenvalue weighted by Crippen LogP contribution is -2.08. The topological polar surface area (TPSA) is 37.8 Å². The Hall–Kier alpha value is -1.77. The maximum absolute atomic E-state index is 11.5. The molecule has 0 spiro atoms. The van der Waals surface area contributed by atoms with Gasteiger partial charge in [-0.1, -0.05) is 26.0 Å². The molecule has 0 saturated heterocycles. The summed E-state index contributed by atoms with van der Waals surface area (Å²) in [5, 5.41) is 2.87. The molecule has 1 aromatic heterocycles. The SMILES string of the molecule is Cc1ccc(C)c(-n2[nH]c(=O)cc2C(C)C)c1. The van der Waals surface area contributed by atoms with E-state index in [4.69, 9.17) is 0 Å². The molecule has 0 aliphatic carbocycles. The van der Waals surface area contributed by atoms with Gasteiger partial charge in [-0.3, -0.25) is 14.6 Å². The van der Waals surface area contributed by atoms with Gasteiger partial charge in [0.2, 0.25) is 0 Å². The zero-order valence-corrected chi connectivity index (χ0v) is 10.7. The molecule has 0 aliphatic rings. The quantitative estimate of drug-likeness (QED) is 0.846. The van der Waals surface area contributed by atoms with Gasteiger partial charge in [-0.25, -0.2) is 0 Å². The van der Waals surface area contributed by atoms with Crippen LogP contribution < -0.4 is 5.56 Å². The molecule has 90 valence electrons. The van der Waals surface area contributed by atoms with Crippen LogP contribution in [0.5, 0.6) is 0 Å². The number of nitrogens with one attached hydrogen (secondary N) is 1. The van der Waals surface area contributed by atoms with E-state index in [1.165, 1.54) is 5.56 Å². The Morgan fingerprint density at radius 3 is 2.53 bits per heavy atom. The second kappa shape index (κ2) is 4.24. The summed E-state index contributed by atoms with van der Waals surface area (Å²) in [6, 6.07) is 7.92. The first-order chi connectivity index (χ1) is 7.99. The first-order valence-corrected chi connectivity index (χ1v) is 5.88. The van der Waals surface area contributed by atoms with Gasteiger partial charge in [0.1, 0.15) is 0 Å². The second-order valence-electron chi connectivity index (χ2n) is 4.83. The molecule has 0 atom stereocenters. The van der Waals surface area contributed by atoms with Gasteiger partial charge in [-0.2, -0.15) is 0 Å². The number of hydrogen-bond donors (Lipinski definition) is 1. The summed E-state index contributed by atoms with van der Waals surface area (Å²) in [4.78, 5) is 11.5. The molecule has 0 radical (unpaired) electrons. The van der Waals surface area contributed by atoms with Crippen LogP contribution in [0.2, 0.25) is 0 Å². The Kier molecular flexibility index (Phi) is 2.92. The highest BCUT2D eigenvalue weighted by atomic mass is 16.1. The van der Waals surface area contributed by atoms with Crippen LogP contribution in [0.1, 0.15) is 36.6 Å². The highest BCUT2D eigenvalue weighted by Gasteiger charge is 2.11. The molecule has 0 saturated carbocycles. The minimum atomic E-state index is -0.0467. The summed E-state index contributed by atoms with van der Waals surface area (Å²) in [7, 11) is 0. The first-order valence-electron chi connectivity index (χ1n) is 5.88. The van der Waals surface area contributed by atoms with E-state index in [9.17, 15) is 4.79 Å². The molecule has 0 fully saturated rings. The molecule has 0 aliphatic heterocycles. The Morgan fingerprint density at radius 2 is 1.88 bits per heavy atom. The molecule has 1 aromatic carbocycles. The van der Waals surface area contributed by atoms with E-state index in [0.29, 0.717) is 5.92 Å². The van der Waals surface area contributed by atoms with Crippen molar-refractivity contribution in [1.29, 1.82) is 0 Å². The smallest absolute Gasteiger partial charge is 0.264 e. The largest absolute Gasteiger partial charge is 0.268 e. The molecule has 0 bridgehead atoms. The Labute approximate surface area is 101 Å². The summed E-state index contributed by atoms with van der Waals surface area (Å²) in [5.74, 6) is 0.314. The van der Waals surface area contributed by atoms with Crippen molar-refractivity contribution in [2.75, 3.05) is 0 Å². The third-order valence-corrected chi connectivity index (χ3v) is 2.96. The number of hydrogen-bond acceptors (Lipinski definition) is 1.